The highest BCUT2D eigenvalue weighted by atomic mass is 32.1. The molecule has 1 aliphatic heterocycles. The molecular weight excluding hydrogens is 352 g/mol. The summed E-state index contributed by atoms with van der Waals surface area (Å²) in [5.74, 6) is -0.309. The quantitative estimate of drug-likeness (QED) is 0.676. The SMILES string of the molecule is Cc1ccccc1CN1CCNC(=O)[C@@H]1CC(=O)NCc1nnc(N)s1. The molecule has 2 heterocycles. The van der Waals surface area contributed by atoms with Gasteiger partial charge in [0.2, 0.25) is 16.9 Å². The molecule has 3 rings (SSSR count). The van der Waals surface area contributed by atoms with Crippen LogP contribution in [-0.4, -0.2) is 46.0 Å². The van der Waals surface area contributed by atoms with Crippen LogP contribution in [-0.2, 0) is 22.7 Å². The summed E-state index contributed by atoms with van der Waals surface area (Å²) in [5.41, 5.74) is 7.87. The molecule has 2 amide bonds. The number of hydrogen-bond donors (Lipinski definition) is 3. The molecule has 26 heavy (non-hydrogen) atoms. The summed E-state index contributed by atoms with van der Waals surface area (Å²) >= 11 is 1.23. The molecule has 0 saturated carbocycles. The van der Waals surface area contributed by atoms with Gasteiger partial charge in [-0.2, -0.15) is 0 Å². The Kier molecular flexibility index (Phi) is 5.79. The standard InChI is InChI=1S/C17H22N6O2S/c1-11-4-2-3-5-12(11)10-23-7-6-19-16(25)13(23)8-14(24)20-9-15-21-22-17(18)26-15/h2-5,13H,6-10H2,1H3,(H2,18,22)(H,19,25)(H,20,24)/t13-/m0/s1. The minimum atomic E-state index is -0.483. The summed E-state index contributed by atoms with van der Waals surface area (Å²) < 4.78 is 0. The second kappa shape index (κ2) is 8.24. The Labute approximate surface area is 155 Å². The normalized spacial score (nSPS) is 17.7. The van der Waals surface area contributed by atoms with Gasteiger partial charge in [-0.05, 0) is 18.1 Å². The minimum absolute atomic E-state index is 0.103. The molecule has 0 spiro atoms. The van der Waals surface area contributed by atoms with Crippen molar-refractivity contribution in [3.05, 3.63) is 40.4 Å². The van der Waals surface area contributed by atoms with Gasteiger partial charge in [0, 0.05) is 19.6 Å². The first kappa shape index (κ1) is 18.3. The summed E-state index contributed by atoms with van der Waals surface area (Å²) in [6.45, 7) is 4.26. The fraction of sp³-hybridized carbons (Fsp3) is 0.412. The molecular formula is C17H22N6O2S. The molecule has 0 bridgehead atoms. The number of rotatable bonds is 6. The van der Waals surface area contributed by atoms with Crippen LogP contribution >= 0.6 is 11.3 Å². The number of nitrogen functional groups attached to an aromatic ring is 1. The maximum absolute atomic E-state index is 12.3. The average Bonchev–Trinajstić information content (AvgIpc) is 3.03. The van der Waals surface area contributed by atoms with Gasteiger partial charge in [0.1, 0.15) is 5.01 Å². The topological polar surface area (TPSA) is 113 Å². The predicted octanol–water partition coefficient (Wildman–Crippen LogP) is 0.436. The third kappa shape index (κ3) is 4.55. The molecule has 0 unspecified atom stereocenters. The Hall–Kier alpha value is -2.52. The molecule has 8 nitrogen and oxygen atoms in total. The minimum Gasteiger partial charge on any atom is -0.374 e. The number of carbonyl (C=O) groups is 2. The van der Waals surface area contributed by atoms with Crippen LogP contribution < -0.4 is 16.4 Å². The van der Waals surface area contributed by atoms with Crippen molar-refractivity contribution in [2.75, 3.05) is 18.8 Å². The Morgan fingerprint density at radius 3 is 2.96 bits per heavy atom. The van der Waals surface area contributed by atoms with Crippen molar-refractivity contribution < 1.29 is 9.59 Å². The van der Waals surface area contributed by atoms with E-state index in [0.717, 1.165) is 5.56 Å². The molecule has 1 saturated heterocycles. The Morgan fingerprint density at radius 2 is 2.23 bits per heavy atom. The first-order chi connectivity index (χ1) is 12.5. The van der Waals surface area contributed by atoms with Gasteiger partial charge in [-0.15, -0.1) is 10.2 Å². The predicted molar refractivity (Wildman–Crippen MR) is 99.2 cm³/mol. The van der Waals surface area contributed by atoms with Crippen molar-refractivity contribution in [2.24, 2.45) is 0 Å². The smallest absolute Gasteiger partial charge is 0.237 e. The molecule has 1 aromatic heterocycles. The number of aryl methyl sites for hydroxylation is 1. The van der Waals surface area contributed by atoms with Crippen LogP contribution in [0.2, 0.25) is 0 Å². The zero-order valence-corrected chi connectivity index (χ0v) is 15.4. The number of nitrogens with one attached hydrogen (secondary N) is 2. The fourth-order valence-electron chi connectivity index (χ4n) is 2.94. The summed E-state index contributed by atoms with van der Waals surface area (Å²) in [6.07, 6.45) is 0.103. The summed E-state index contributed by atoms with van der Waals surface area (Å²) in [6, 6.07) is 7.60. The van der Waals surface area contributed by atoms with Gasteiger partial charge in [-0.3, -0.25) is 14.5 Å². The number of carbonyl (C=O) groups excluding carboxylic acids is 2. The number of piperazine rings is 1. The molecule has 4 N–H and O–H groups in total. The maximum atomic E-state index is 12.3. The highest BCUT2D eigenvalue weighted by Gasteiger charge is 2.31. The zero-order chi connectivity index (χ0) is 18.5. The number of nitrogens with two attached hydrogens (primary N) is 1. The van der Waals surface area contributed by atoms with E-state index in [2.05, 4.69) is 44.8 Å². The highest BCUT2D eigenvalue weighted by Crippen LogP contribution is 2.17. The fourth-order valence-corrected chi connectivity index (χ4v) is 3.49. The molecule has 0 radical (unpaired) electrons. The molecule has 1 atom stereocenters. The molecule has 9 heteroatoms. The van der Waals surface area contributed by atoms with E-state index in [0.29, 0.717) is 29.8 Å². The lowest BCUT2D eigenvalue weighted by molar-refractivity contribution is -0.134. The second-order valence-corrected chi connectivity index (χ2v) is 7.31. The molecule has 1 fully saturated rings. The van der Waals surface area contributed by atoms with E-state index in [1.54, 1.807) is 0 Å². The summed E-state index contributed by atoms with van der Waals surface area (Å²) in [4.78, 5) is 26.7. The monoisotopic (exact) mass is 374 g/mol. The van der Waals surface area contributed by atoms with Crippen LogP contribution in [0.1, 0.15) is 22.6 Å². The van der Waals surface area contributed by atoms with E-state index in [1.807, 2.05) is 12.1 Å². The first-order valence-electron chi connectivity index (χ1n) is 8.44. The van der Waals surface area contributed by atoms with Crippen LogP contribution in [0.5, 0.6) is 0 Å². The third-order valence-corrected chi connectivity index (χ3v) is 5.13. The summed E-state index contributed by atoms with van der Waals surface area (Å²) in [5, 5.41) is 14.2. The number of benzene rings is 1. The van der Waals surface area contributed by atoms with E-state index in [-0.39, 0.29) is 24.8 Å². The van der Waals surface area contributed by atoms with Crippen LogP contribution in [0.15, 0.2) is 24.3 Å². The largest absolute Gasteiger partial charge is 0.374 e. The zero-order valence-electron chi connectivity index (χ0n) is 14.6. The van der Waals surface area contributed by atoms with E-state index < -0.39 is 6.04 Å². The Bertz CT molecular complexity index is 793. The maximum Gasteiger partial charge on any atom is 0.237 e. The Morgan fingerprint density at radius 1 is 1.42 bits per heavy atom. The highest BCUT2D eigenvalue weighted by molar-refractivity contribution is 7.15. The molecule has 0 aliphatic carbocycles. The van der Waals surface area contributed by atoms with Crippen LogP contribution in [0.4, 0.5) is 5.13 Å². The molecule has 2 aromatic rings. The van der Waals surface area contributed by atoms with Crippen molar-refractivity contribution in [3.8, 4) is 0 Å². The number of hydrogen-bond acceptors (Lipinski definition) is 7. The van der Waals surface area contributed by atoms with Gasteiger partial charge in [-0.1, -0.05) is 35.6 Å². The lowest BCUT2D eigenvalue weighted by Crippen LogP contribution is -2.56. The van der Waals surface area contributed by atoms with Crippen molar-refractivity contribution in [3.63, 3.8) is 0 Å². The van der Waals surface area contributed by atoms with E-state index >= 15 is 0 Å². The lowest BCUT2D eigenvalue weighted by Gasteiger charge is -2.35. The Balaban J connectivity index is 1.61. The summed E-state index contributed by atoms with van der Waals surface area (Å²) in [7, 11) is 0. The van der Waals surface area contributed by atoms with Gasteiger partial charge in [-0.25, -0.2) is 0 Å². The first-order valence-corrected chi connectivity index (χ1v) is 9.25. The van der Waals surface area contributed by atoms with Crippen molar-refractivity contribution in [1.82, 2.24) is 25.7 Å². The van der Waals surface area contributed by atoms with Gasteiger partial charge in [0.05, 0.1) is 19.0 Å². The molecule has 138 valence electrons. The van der Waals surface area contributed by atoms with Gasteiger partial charge < -0.3 is 16.4 Å². The third-order valence-electron chi connectivity index (χ3n) is 4.37. The number of aromatic nitrogens is 2. The van der Waals surface area contributed by atoms with Crippen molar-refractivity contribution in [2.45, 2.75) is 32.5 Å². The van der Waals surface area contributed by atoms with Gasteiger partial charge in [0.15, 0.2) is 0 Å². The molecule has 1 aromatic carbocycles. The van der Waals surface area contributed by atoms with Crippen molar-refractivity contribution >= 4 is 28.3 Å². The van der Waals surface area contributed by atoms with E-state index in [4.69, 9.17) is 5.73 Å². The number of anilines is 1. The van der Waals surface area contributed by atoms with E-state index in [1.165, 1.54) is 16.9 Å². The number of amides is 2. The van der Waals surface area contributed by atoms with Crippen LogP contribution in [0.3, 0.4) is 0 Å². The lowest BCUT2D eigenvalue weighted by atomic mass is 10.0. The van der Waals surface area contributed by atoms with Crippen LogP contribution in [0.25, 0.3) is 0 Å². The number of nitrogens with zero attached hydrogens (tertiary/aromatic N) is 3. The van der Waals surface area contributed by atoms with E-state index in [9.17, 15) is 9.59 Å². The van der Waals surface area contributed by atoms with Crippen LogP contribution in [0, 0.1) is 6.92 Å². The van der Waals surface area contributed by atoms with Crippen molar-refractivity contribution in [1.29, 1.82) is 0 Å². The van der Waals surface area contributed by atoms with Gasteiger partial charge >= 0.3 is 0 Å². The average molecular weight is 374 g/mol. The van der Waals surface area contributed by atoms with Gasteiger partial charge in [0.25, 0.3) is 0 Å². The molecule has 1 aliphatic rings. The second-order valence-electron chi connectivity index (χ2n) is 6.22.